The second-order valence-corrected chi connectivity index (χ2v) is 7.33. The van der Waals surface area contributed by atoms with Gasteiger partial charge < -0.3 is 10.6 Å². The summed E-state index contributed by atoms with van der Waals surface area (Å²) in [5, 5.41) is 0. The van der Waals surface area contributed by atoms with Gasteiger partial charge in [0.05, 0.1) is 0 Å². The van der Waals surface area contributed by atoms with Crippen molar-refractivity contribution in [2.75, 3.05) is 25.4 Å². The van der Waals surface area contributed by atoms with Gasteiger partial charge in [-0.1, -0.05) is 32.9 Å². The quantitative estimate of drug-likeness (QED) is 0.842. The van der Waals surface area contributed by atoms with Crippen molar-refractivity contribution in [2.24, 2.45) is 11.3 Å². The molecule has 1 fully saturated rings. The van der Waals surface area contributed by atoms with Crippen molar-refractivity contribution >= 4 is 5.69 Å². The Balaban J connectivity index is 1.67. The van der Waals surface area contributed by atoms with Crippen molar-refractivity contribution < 1.29 is 0 Å². The summed E-state index contributed by atoms with van der Waals surface area (Å²) in [6.45, 7) is 11.0. The molecule has 2 N–H and O–H groups in total. The molecule has 0 unspecified atom stereocenters. The predicted molar refractivity (Wildman–Crippen MR) is 87.8 cm³/mol. The minimum absolute atomic E-state index is 0.482. The van der Waals surface area contributed by atoms with Crippen LogP contribution in [0.2, 0.25) is 0 Å². The topological polar surface area (TPSA) is 29.3 Å². The summed E-state index contributed by atoms with van der Waals surface area (Å²) < 4.78 is 0. The van der Waals surface area contributed by atoms with E-state index >= 15 is 0 Å². The number of nitrogen functional groups attached to an aromatic ring is 1. The fraction of sp³-hybridized carbons (Fsp3) is 0.667. The van der Waals surface area contributed by atoms with Crippen molar-refractivity contribution in [1.82, 2.24) is 4.90 Å². The van der Waals surface area contributed by atoms with Crippen LogP contribution in [0.1, 0.15) is 45.6 Å². The molecule has 0 amide bonds. The second kappa shape index (κ2) is 6.62. The van der Waals surface area contributed by atoms with E-state index in [1.54, 1.807) is 0 Å². The summed E-state index contributed by atoms with van der Waals surface area (Å²) in [5.74, 6) is 0.899. The first-order valence-corrected chi connectivity index (χ1v) is 8.02. The summed E-state index contributed by atoms with van der Waals surface area (Å²) in [6.07, 6.45) is 5.15. The number of nitrogens with zero attached hydrogens (tertiary/aromatic N) is 1. The maximum absolute atomic E-state index is 5.71. The molecule has 0 aliphatic carbocycles. The summed E-state index contributed by atoms with van der Waals surface area (Å²) in [7, 11) is 0. The third kappa shape index (κ3) is 4.52. The Morgan fingerprint density at radius 2 is 1.70 bits per heavy atom. The van der Waals surface area contributed by atoms with E-state index in [0.717, 1.165) is 11.6 Å². The van der Waals surface area contributed by atoms with Crippen molar-refractivity contribution in [3.05, 3.63) is 29.8 Å². The monoisotopic (exact) mass is 274 g/mol. The lowest BCUT2D eigenvalue weighted by molar-refractivity contribution is 0.111. The third-order valence-corrected chi connectivity index (χ3v) is 4.73. The molecule has 0 aromatic heterocycles. The SMILES string of the molecule is CC(C)(C)C1CCN(CCCc2ccc(N)cc2)CC1. The highest BCUT2D eigenvalue weighted by Gasteiger charge is 2.28. The zero-order chi connectivity index (χ0) is 14.6. The molecule has 0 atom stereocenters. The number of aryl methyl sites for hydroxylation is 1. The van der Waals surface area contributed by atoms with E-state index in [4.69, 9.17) is 5.73 Å². The summed E-state index contributed by atoms with van der Waals surface area (Å²) >= 11 is 0. The molecule has 20 heavy (non-hydrogen) atoms. The number of rotatable bonds is 4. The average Bonchev–Trinajstić information content (AvgIpc) is 2.41. The summed E-state index contributed by atoms with van der Waals surface area (Å²) in [5.41, 5.74) is 8.46. The normalized spacial score (nSPS) is 18.4. The van der Waals surface area contributed by atoms with Crippen LogP contribution in [-0.2, 0) is 6.42 Å². The van der Waals surface area contributed by atoms with E-state index in [2.05, 4.69) is 37.8 Å². The summed E-state index contributed by atoms with van der Waals surface area (Å²) in [4.78, 5) is 2.64. The first-order valence-electron chi connectivity index (χ1n) is 8.02. The standard InChI is InChI=1S/C18H30N2/c1-18(2,3)16-10-13-20(14-11-16)12-4-5-15-6-8-17(19)9-7-15/h6-9,16H,4-5,10-14,19H2,1-3H3. The van der Waals surface area contributed by atoms with Gasteiger partial charge in [0, 0.05) is 5.69 Å². The lowest BCUT2D eigenvalue weighted by Crippen LogP contribution is -2.38. The molecule has 0 saturated carbocycles. The van der Waals surface area contributed by atoms with Crippen LogP contribution < -0.4 is 5.73 Å². The Bertz CT molecular complexity index is 394. The average molecular weight is 274 g/mol. The Labute approximate surface area is 124 Å². The first-order chi connectivity index (χ1) is 9.45. The molecular weight excluding hydrogens is 244 g/mol. The molecule has 1 heterocycles. The molecule has 1 saturated heterocycles. The van der Waals surface area contributed by atoms with Crippen LogP contribution in [0, 0.1) is 11.3 Å². The lowest BCUT2D eigenvalue weighted by atomic mass is 9.75. The molecule has 1 aromatic rings. The van der Waals surface area contributed by atoms with Crippen LogP contribution >= 0.6 is 0 Å². The van der Waals surface area contributed by atoms with E-state index < -0.39 is 0 Å². The maximum Gasteiger partial charge on any atom is 0.0314 e. The van der Waals surface area contributed by atoms with Crippen LogP contribution in [0.5, 0.6) is 0 Å². The highest BCUT2D eigenvalue weighted by atomic mass is 15.1. The second-order valence-electron chi connectivity index (χ2n) is 7.33. The Kier molecular flexibility index (Phi) is 5.09. The largest absolute Gasteiger partial charge is 0.399 e. The van der Waals surface area contributed by atoms with Gasteiger partial charge in [-0.15, -0.1) is 0 Å². The molecule has 0 bridgehead atoms. The van der Waals surface area contributed by atoms with Crippen molar-refractivity contribution in [2.45, 2.75) is 46.5 Å². The number of benzene rings is 1. The molecule has 2 rings (SSSR count). The van der Waals surface area contributed by atoms with Gasteiger partial charge in [-0.05, 0) is 74.3 Å². The zero-order valence-electron chi connectivity index (χ0n) is 13.4. The fourth-order valence-corrected chi connectivity index (χ4v) is 3.21. The summed E-state index contributed by atoms with van der Waals surface area (Å²) in [6, 6.07) is 8.32. The smallest absolute Gasteiger partial charge is 0.0314 e. The van der Waals surface area contributed by atoms with Crippen molar-refractivity contribution in [3.63, 3.8) is 0 Å². The van der Waals surface area contributed by atoms with Crippen LogP contribution in [0.15, 0.2) is 24.3 Å². The van der Waals surface area contributed by atoms with E-state index in [1.165, 1.54) is 50.9 Å². The number of hydrogen-bond acceptors (Lipinski definition) is 2. The lowest BCUT2D eigenvalue weighted by Gasteiger charge is -2.38. The Morgan fingerprint density at radius 1 is 1.10 bits per heavy atom. The third-order valence-electron chi connectivity index (χ3n) is 4.73. The molecule has 1 aliphatic rings. The Morgan fingerprint density at radius 3 is 2.25 bits per heavy atom. The molecular formula is C18H30N2. The van der Waals surface area contributed by atoms with Gasteiger partial charge >= 0.3 is 0 Å². The maximum atomic E-state index is 5.71. The van der Waals surface area contributed by atoms with Gasteiger partial charge in [0.2, 0.25) is 0 Å². The fourth-order valence-electron chi connectivity index (χ4n) is 3.21. The first kappa shape index (κ1) is 15.4. The zero-order valence-corrected chi connectivity index (χ0v) is 13.4. The van der Waals surface area contributed by atoms with Gasteiger partial charge in [-0.2, -0.15) is 0 Å². The number of anilines is 1. The molecule has 0 spiro atoms. The molecule has 2 nitrogen and oxygen atoms in total. The predicted octanol–water partition coefficient (Wildman–Crippen LogP) is 3.96. The Hall–Kier alpha value is -1.02. The molecule has 112 valence electrons. The van der Waals surface area contributed by atoms with Crippen molar-refractivity contribution in [3.8, 4) is 0 Å². The molecule has 1 aliphatic heterocycles. The van der Waals surface area contributed by atoms with E-state index in [1.807, 2.05) is 12.1 Å². The molecule has 0 radical (unpaired) electrons. The minimum Gasteiger partial charge on any atom is -0.399 e. The van der Waals surface area contributed by atoms with Crippen LogP contribution in [0.3, 0.4) is 0 Å². The number of likely N-dealkylation sites (tertiary alicyclic amines) is 1. The van der Waals surface area contributed by atoms with Crippen LogP contribution in [0.25, 0.3) is 0 Å². The van der Waals surface area contributed by atoms with Gasteiger partial charge in [-0.3, -0.25) is 0 Å². The van der Waals surface area contributed by atoms with Crippen LogP contribution in [-0.4, -0.2) is 24.5 Å². The van der Waals surface area contributed by atoms with Gasteiger partial charge in [0.1, 0.15) is 0 Å². The van der Waals surface area contributed by atoms with Gasteiger partial charge in [0.15, 0.2) is 0 Å². The van der Waals surface area contributed by atoms with Crippen molar-refractivity contribution in [1.29, 1.82) is 0 Å². The number of hydrogen-bond donors (Lipinski definition) is 1. The number of nitrogens with two attached hydrogens (primary N) is 1. The van der Waals surface area contributed by atoms with Gasteiger partial charge in [-0.25, -0.2) is 0 Å². The van der Waals surface area contributed by atoms with Crippen LogP contribution in [0.4, 0.5) is 5.69 Å². The van der Waals surface area contributed by atoms with E-state index in [9.17, 15) is 0 Å². The van der Waals surface area contributed by atoms with E-state index in [0.29, 0.717) is 5.41 Å². The highest BCUT2D eigenvalue weighted by Crippen LogP contribution is 2.34. The highest BCUT2D eigenvalue weighted by molar-refractivity contribution is 5.39. The molecule has 1 aromatic carbocycles. The number of piperidine rings is 1. The van der Waals surface area contributed by atoms with Gasteiger partial charge in [0.25, 0.3) is 0 Å². The minimum atomic E-state index is 0.482. The van der Waals surface area contributed by atoms with E-state index in [-0.39, 0.29) is 0 Å². The molecule has 2 heteroatoms.